The van der Waals surface area contributed by atoms with Crippen molar-refractivity contribution in [3.8, 4) is 0 Å². The Morgan fingerprint density at radius 1 is 1.28 bits per heavy atom. The molecule has 130 valence electrons. The summed E-state index contributed by atoms with van der Waals surface area (Å²) in [6, 6.07) is 9.59. The third-order valence-electron chi connectivity index (χ3n) is 6.35. The zero-order chi connectivity index (χ0) is 17.1. The van der Waals surface area contributed by atoms with E-state index < -0.39 is 0 Å². The number of likely N-dealkylation sites (N-methyl/N-ethyl adjacent to an activating group) is 1. The quantitative estimate of drug-likeness (QED) is 0.777. The molecule has 3 atom stereocenters. The largest absolute Gasteiger partial charge is 0.361 e. The highest BCUT2D eigenvalue weighted by atomic mass is 15.3. The molecule has 1 fully saturated rings. The van der Waals surface area contributed by atoms with Gasteiger partial charge in [-0.1, -0.05) is 12.1 Å². The molecule has 1 aromatic carbocycles. The van der Waals surface area contributed by atoms with Gasteiger partial charge >= 0.3 is 0 Å². The predicted molar refractivity (Wildman–Crippen MR) is 101 cm³/mol. The van der Waals surface area contributed by atoms with Gasteiger partial charge in [-0.2, -0.15) is 5.10 Å². The molecule has 2 aromatic heterocycles. The minimum Gasteiger partial charge on any atom is -0.361 e. The van der Waals surface area contributed by atoms with Gasteiger partial charge in [0.15, 0.2) is 0 Å². The molecule has 1 unspecified atom stereocenters. The number of hydrogen-bond donors (Lipinski definition) is 1. The number of fused-ring (bicyclic) bond motifs is 2. The number of benzene rings is 1. The highest BCUT2D eigenvalue weighted by Crippen LogP contribution is 2.44. The average molecular weight is 334 g/mol. The molecule has 1 N–H and O–H groups in total. The number of H-pyrrole nitrogens is 1. The minimum absolute atomic E-state index is 0.630. The van der Waals surface area contributed by atoms with Crippen LogP contribution in [0.15, 0.2) is 30.5 Å². The molecular weight excluding hydrogens is 308 g/mol. The normalized spacial score (nSPS) is 26.1. The molecular formula is C21H26N4. The van der Waals surface area contributed by atoms with Crippen LogP contribution in [0.4, 0.5) is 0 Å². The molecule has 1 aliphatic heterocycles. The molecule has 4 heteroatoms. The van der Waals surface area contributed by atoms with Crippen molar-refractivity contribution < 1.29 is 0 Å². The zero-order valence-electron chi connectivity index (χ0n) is 15.3. The lowest BCUT2D eigenvalue weighted by atomic mass is 9.72. The lowest BCUT2D eigenvalue weighted by molar-refractivity contribution is 0.101. The third-order valence-corrected chi connectivity index (χ3v) is 6.35. The van der Waals surface area contributed by atoms with Crippen LogP contribution in [-0.4, -0.2) is 39.3 Å². The van der Waals surface area contributed by atoms with Crippen molar-refractivity contribution in [1.29, 1.82) is 0 Å². The summed E-state index contributed by atoms with van der Waals surface area (Å²) in [5.74, 6) is 1.28. The first-order chi connectivity index (χ1) is 12.1. The van der Waals surface area contributed by atoms with Crippen LogP contribution in [0.25, 0.3) is 10.9 Å². The van der Waals surface area contributed by atoms with Crippen molar-refractivity contribution in [3.63, 3.8) is 0 Å². The number of hydrogen-bond acceptors (Lipinski definition) is 2. The summed E-state index contributed by atoms with van der Waals surface area (Å²) in [7, 11) is 2.31. The van der Waals surface area contributed by atoms with Gasteiger partial charge in [0.05, 0.1) is 5.69 Å². The number of aryl methyl sites for hydroxylation is 2. The van der Waals surface area contributed by atoms with Crippen molar-refractivity contribution in [1.82, 2.24) is 19.7 Å². The van der Waals surface area contributed by atoms with E-state index in [1.807, 2.05) is 0 Å². The van der Waals surface area contributed by atoms with E-state index in [1.54, 1.807) is 5.56 Å². The molecule has 0 bridgehead atoms. The van der Waals surface area contributed by atoms with E-state index in [4.69, 9.17) is 5.10 Å². The highest BCUT2D eigenvalue weighted by Gasteiger charge is 2.39. The molecule has 0 spiro atoms. The van der Waals surface area contributed by atoms with Gasteiger partial charge < -0.3 is 9.88 Å². The van der Waals surface area contributed by atoms with Gasteiger partial charge in [-0.3, -0.25) is 4.68 Å². The van der Waals surface area contributed by atoms with E-state index in [0.717, 1.165) is 18.8 Å². The smallest absolute Gasteiger partial charge is 0.0596 e. The van der Waals surface area contributed by atoms with Crippen molar-refractivity contribution in [3.05, 3.63) is 53.0 Å². The highest BCUT2D eigenvalue weighted by molar-refractivity contribution is 5.88. The standard InChI is InChI=1S/C21H26N4/c1-13-7-14(2)25(23-13)12-15-8-18-17-5-4-6-19-21(17)16(10-22-19)9-20(18)24(3)11-15/h4-7,10,15,18,20,22H,8-9,11-12H2,1-3H3/t15-,18?,20-/m1/s1. The van der Waals surface area contributed by atoms with Crippen LogP contribution >= 0.6 is 0 Å². The molecule has 2 aliphatic rings. The Bertz CT molecular complexity index is 935. The number of nitrogens with one attached hydrogen (secondary N) is 1. The van der Waals surface area contributed by atoms with Gasteiger partial charge in [0, 0.05) is 47.8 Å². The fourth-order valence-electron chi connectivity index (χ4n) is 5.29. The van der Waals surface area contributed by atoms with Gasteiger partial charge in [0.25, 0.3) is 0 Å². The SMILES string of the molecule is Cc1cc(C)n(C[C@@H]2CC3c4cccc5[nH]cc(c45)C[C@H]3N(C)C2)n1. The molecule has 0 saturated carbocycles. The van der Waals surface area contributed by atoms with Crippen LogP contribution in [0.1, 0.15) is 34.9 Å². The maximum Gasteiger partial charge on any atom is 0.0596 e. The van der Waals surface area contributed by atoms with Gasteiger partial charge in [0.1, 0.15) is 0 Å². The van der Waals surface area contributed by atoms with E-state index >= 15 is 0 Å². The van der Waals surface area contributed by atoms with Gasteiger partial charge in [-0.15, -0.1) is 0 Å². The van der Waals surface area contributed by atoms with E-state index in [1.165, 1.54) is 35.0 Å². The number of rotatable bonds is 2. The molecule has 0 amide bonds. The summed E-state index contributed by atoms with van der Waals surface area (Å²) < 4.78 is 2.21. The summed E-state index contributed by atoms with van der Waals surface area (Å²) in [5.41, 5.74) is 6.75. The van der Waals surface area contributed by atoms with Gasteiger partial charge in [-0.25, -0.2) is 0 Å². The van der Waals surface area contributed by atoms with E-state index in [-0.39, 0.29) is 0 Å². The molecule has 0 radical (unpaired) electrons. The predicted octanol–water partition coefficient (Wildman–Crippen LogP) is 3.64. The second-order valence-corrected chi connectivity index (χ2v) is 8.11. The first kappa shape index (κ1) is 15.2. The summed E-state index contributed by atoms with van der Waals surface area (Å²) in [5, 5.41) is 6.18. The van der Waals surface area contributed by atoms with Crippen LogP contribution in [0.5, 0.6) is 0 Å². The Morgan fingerprint density at radius 2 is 2.16 bits per heavy atom. The Balaban J connectivity index is 1.49. The molecule has 1 aliphatic carbocycles. The van der Waals surface area contributed by atoms with Crippen LogP contribution in [0.3, 0.4) is 0 Å². The number of likely N-dealkylation sites (tertiary alicyclic amines) is 1. The molecule has 5 rings (SSSR count). The second kappa shape index (κ2) is 5.46. The Morgan fingerprint density at radius 3 is 2.96 bits per heavy atom. The fraction of sp³-hybridized carbons (Fsp3) is 0.476. The Hall–Kier alpha value is -2.07. The van der Waals surface area contributed by atoms with Gasteiger partial charge in [-0.05, 0) is 62.9 Å². The van der Waals surface area contributed by atoms with Crippen LogP contribution in [0.2, 0.25) is 0 Å². The summed E-state index contributed by atoms with van der Waals surface area (Å²) in [4.78, 5) is 6.07. The number of nitrogens with zero attached hydrogens (tertiary/aromatic N) is 3. The minimum atomic E-state index is 0.630. The van der Waals surface area contributed by atoms with E-state index in [2.05, 4.69) is 65.9 Å². The molecule has 1 saturated heterocycles. The summed E-state index contributed by atoms with van der Waals surface area (Å²) in [6.07, 6.45) is 4.65. The Labute approximate surface area is 148 Å². The summed E-state index contributed by atoms with van der Waals surface area (Å²) in [6.45, 7) is 6.45. The molecule has 3 aromatic rings. The van der Waals surface area contributed by atoms with E-state index in [9.17, 15) is 0 Å². The van der Waals surface area contributed by atoms with Gasteiger partial charge in [0.2, 0.25) is 0 Å². The van der Waals surface area contributed by atoms with Crippen LogP contribution in [-0.2, 0) is 13.0 Å². The average Bonchev–Trinajstić information content (AvgIpc) is 3.13. The zero-order valence-corrected chi connectivity index (χ0v) is 15.3. The van der Waals surface area contributed by atoms with E-state index in [0.29, 0.717) is 17.9 Å². The maximum atomic E-state index is 4.69. The second-order valence-electron chi connectivity index (χ2n) is 8.11. The van der Waals surface area contributed by atoms with Crippen LogP contribution < -0.4 is 0 Å². The van der Waals surface area contributed by atoms with Crippen molar-refractivity contribution in [2.75, 3.05) is 13.6 Å². The first-order valence-electron chi connectivity index (χ1n) is 9.40. The summed E-state index contributed by atoms with van der Waals surface area (Å²) >= 11 is 0. The van der Waals surface area contributed by atoms with Crippen molar-refractivity contribution in [2.45, 2.75) is 45.2 Å². The molecule has 4 nitrogen and oxygen atoms in total. The fourth-order valence-corrected chi connectivity index (χ4v) is 5.29. The molecule has 3 heterocycles. The third kappa shape index (κ3) is 2.35. The lowest BCUT2D eigenvalue weighted by Crippen LogP contribution is -2.48. The first-order valence-corrected chi connectivity index (χ1v) is 9.40. The van der Waals surface area contributed by atoms with Crippen molar-refractivity contribution >= 4 is 10.9 Å². The maximum absolute atomic E-state index is 4.69. The monoisotopic (exact) mass is 334 g/mol. The van der Waals surface area contributed by atoms with Crippen LogP contribution in [0, 0.1) is 19.8 Å². The number of aromatic nitrogens is 3. The molecule has 25 heavy (non-hydrogen) atoms. The lowest BCUT2D eigenvalue weighted by Gasteiger charge is -2.45. The Kier molecular flexibility index (Phi) is 3.32. The topological polar surface area (TPSA) is 36.9 Å². The van der Waals surface area contributed by atoms with Crippen molar-refractivity contribution in [2.24, 2.45) is 5.92 Å². The number of aromatic amines is 1. The number of piperidine rings is 1.